The number of aliphatic carboxylic acids is 3. The van der Waals surface area contributed by atoms with E-state index in [0.29, 0.717) is 83.8 Å². The normalized spacial score (nSPS) is 12.8. The summed E-state index contributed by atoms with van der Waals surface area (Å²) in [5, 5.41) is 40.2. The minimum Gasteiger partial charge on any atom is -0.481 e. The number of hydrogen-bond acceptors (Lipinski definition) is 10. The van der Waals surface area contributed by atoms with Gasteiger partial charge < -0.3 is 53.3 Å². The van der Waals surface area contributed by atoms with Crippen LogP contribution in [0.2, 0.25) is 0 Å². The molecular weight excluding hydrogens is 785 g/mol. The van der Waals surface area contributed by atoms with Crippen molar-refractivity contribution < 1.29 is 48.9 Å². The van der Waals surface area contributed by atoms with Crippen LogP contribution in [-0.4, -0.2) is 109 Å². The van der Waals surface area contributed by atoms with E-state index in [4.69, 9.17) is 29.7 Å². The third-order valence-electron chi connectivity index (χ3n) is 10.2. The van der Waals surface area contributed by atoms with Gasteiger partial charge in [0.25, 0.3) is 0 Å². The minimum atomic E-state index is -1.18. The summed E-state index contributed by atoms with van der Waals surface area (Å²) in [7, 11) is 5.19. The summed E-state index contributed by atoms with van der Waals surface area (Å²) in [4.78, 5) is 82.3. The van der Waals surface area contributed by atoms with Crippen molar-refractivity contribution in [2.24, 2.45) is 11.5 Å². The Morgan fingerprint density at radius 3 is 1.21 bits per heavy atom. The fourth-order valence-electron chi connectivity index (χ4n) is 6.48. The number of carbonyl (C=O) groups is 7. The van der Waals surface area contributed by atoms with Gasteiger partial charge >= 0.3 is 17.9 Å². The van der Waals surface area contributed by atoms with E-state index < -0.39 is 42.1 Å². The third-order valence-corrected chi connectivity index (χ3v) is 10.2. The summed E-state index contributed by atoms with van der Waals surface area (Å²) >= 11 is 0. The van der Waals surface area contributed by atoms with Crippen LogP contribution >= 0.6 is 0 Å². The van der Waals surface area contributed by atoms with Gasteiger partial charge in [0.05, 0.1) is 18.1 Å². The molecule has 12 N–H and O–H groups in total. The second-order valence-electron chi connectivity index (χ2n) is 15.5. The van der Waals surface area contributed by atoms with Crippen LogP contribution < -0.4 is 38.0 Å². The van der Waals surface area contributed by atoms with Crippen molar-refractivity contribution in [3.05, 3.63) is 0 Å². The highest BCUT2D eigenvalue weighted by Crippen LogP contribution is 2.14. The molecule has 0 aromatic carbocycles. The largest absolute Gasteiger partial charge is 0.481 e. The second-order valence-corrected chi connectivity index (χ2v) is 15.5. The van der Waals surface area contributed by atoms with Crippen LogP contribution in [0.3, 0.4) is 0 Å². The molecule has 352 valence electrons. The second kappa shape index (κ2) is 41.6. The molecule has 18 heteroatoms. The minimum absolute atomic E-state index is 0.0179. The number of amides is 4. The highest BCUT2D eigenvalue weighted by atomic mass is 16.4. The average Bonchev–Trinajstić information content (AvgIpc) is 3.23. The van der Waals surface area contributed by atoms with Gasteiger partial charge in [-0.25, -0.2) is 4.79 Å². The lowest BCUT2D eigenvalue weighted by atomic mass is 10.0. The van der Waals surface area contributed by atoms with E-state index in [-0.39, 0.29) is 49.3 Å². The summed E-state index contributed by atoms with van der Waals surface area (Å²) in [6.07, 6.45) is 20.3. The van der Waals surface area contributed by atoms with Gasteiger partial charge in [0.15, 0.2) is 7.98 Å². The first-order valence-corrected chi connectivity index (χ1v) is 23.0. The van der Waals surface area contributed by atoms with Gasteiger partial charge in [0.1, 0.15) is 6.04 Å². The van der Waals surface area contributed by atoms with Crippen molar-refractivity contribution in [1.29, 1.82) is 0 Å². The number of carboxylic acid groups (broad SMARTS) is 3. The van der Waals surface area contributed by atoms with Crippen molar-refractivity contribution in [3.8, 4) is 0 Å². The van der Waals surface area contributed by atoms with Crippen molar-refractivity contribution in [1.82, 2.24) is 26.5 Å². The lowest BCUT2D eigenvalue weighted by Crippen LogP contribution is -2.42. The molecule has 4 amide bonds. The molecule has 4 atom stereocenters. The van der Waals surface area contributed by atoms with Crippen LogP contribution in [0.4, 0.5) is 0 Å². The summed E-state index contributed by atoms with van der Waals surface area (Å²) < 4.78 is 0. The Labute approximate surface area is 366 Å². The van der Waals surface area contributed by atoms with Gasteiger partial charge in [-0.15, -0.1) is 0 Å². The molecule has 0 aliphatic carbocycles. The van der Waals surface area contributed by atoms with Gasteiger partial charge in [0.2, 0.25) is 23.6 Å². The van der Waals surface area contributed by atoms with E-state index in [2.05, 4.69) is 26.5 Å². The van der Waals surface area contributed by atoms with Crippen molar-refractivity contribution in [2.75, 3.05) is 19.6 Å². The van der Waals surface area contributed by atoms with Crippen LogP contribution in [0.1, 0.15) is 187 Å². The Bertz CT molecular complexity index is 1200. The molecule has 0 saturated heterocycles. The number of hydrogen-bond donors (Lipinski definition) is 10. The SMILES string of the molecule is CC.[B]NC(CCCCNC(=O)C(N)CCCCNC(=O)[C@@H](N)CCCCNC(=O)CCC(NC(=O)CCCCCCCCCCCCCCCCC(=O)O)C(=O)O)C(=O)O. The zero-order valence-electron chi connectivity index (χ0n) is 37.5. The smallest absolute Gasteiger partial charge is 0.326 e. The van der Waals surface area contributed by atoms with E-state index in [1.807, 2.05) is 13.8 Å². The molecule has 0 aromatic heterocycles. The Kier molecular flexibility index (Phi) is 40.4. The lowest BCUT2D eigenvalue weighted by molar-refractivity contribution is -0.142. The number of rotatable bonds is 41. The van der Waals surface area contributed by atoms with Gasteiger partial charge in [-0.1, -0.05) is 90.9 Å². The molecule has 0 bridgehead atoms. The Morgan fingerprint density at radius 1 is 0.443 bits per heavy atom. The fraction of sp³-hybridized carbons (Fsp3) is 0.837. The monoisotopic (exact) mass is 868 g/mol. The van der Waals surface area contributed by atoms with E-state index in [0.717, 1.165) is 38.5 Å². The molecule has 3 unspecified atom stereocenters. The molecule has 0 fully saturated rings. The van der Waals surface area contributed by atoms with Gasteiger partial charge in [-0.2, -0.15) is 0 Å². The van der Waals surface area contributed by atoms with E-state index >= 15 is 0 Å². The van der Waals surface area contributed by atoms with Crippen molar-refractivity contribution >= 4 is 49.5 Å². The maximum Gasteiger partial charge on any atom is 0.326 e. The van der Waals surface area contributed by atoms with E-state index in [1.165, 1.54) is 44.9 Å². The maximum absolute atomic E-state index is 12.4. The van der Waals surface area contributed by atoms with Crippen molar-refractivity contribution in [2.45, 2.75) is 211 Å². The fourth-order valence-corrected chi connectivity index (χ4v) is 6.48. The average molecular weight is 868 g/mol. The Hall–Kier alpha value is -3.77. The summed E-state index contributed by atoms with van der Waals surface area (Å²) in [6.45, 7) is 5.12. The van der Waals surface area contributed by atoms with Gasteiger partial charge in [-0.3, -0.25) is 28.8 Å². The molecule has 2 radical (unpaired) electrons. The number of nitrogens with two attached hydrogens (primary N) is 2. The van der Waals surface area contributed by atoms with Crippen LogP contribution in [-0.2, 0) is 33.6 Å². The Morgan fingerprint density at radius 2 is 0.820 bits per heavy atom. The summed E-state index contributed by atoms with van der Waals surface area (Å²) in [5.41, 5.74) is 12.0. The van der Waals surface area contributed by atoms with Crippen LogP contribution in [0.15, 0.2) is 0 Å². The Balaban J connectivity index is 0. The maximum atomic E-state index is 12.4. The first kappa shape index (κ1) is 59.3. The molecule has 0 aliphatic rings. The predicted octanol–water partition coefficient (Wildman–Crippen LogP) is 4.33. The first-order valence-electron chi connectivity index (χ1n) is 23.0. The van der Waals surface area contributed by atoms with E-state index in [9.17, 15) is 38.7 Å². The summed E-state index contributed by atoms with van der Waals surface area (Å²) in [6, 6.07) is -3.36. The van der Waals surface area contributed by atoms with Gasteiger partial charge in [-0.05, 0) is 77.0 Å². The molecular formula is C43H82BN7O10. The van der Waals surface area contributed by atoms with E-state index in [1.54, 1.807) is 0 Å². The first-order chi connectivity index (χ1) is 29.3. The topological polar surface area (TPSA) is 292 Å². The predicted molar refractivity (Wildman–Crippen MR) is 239 cm³/mol. The molecule has 17 nitrogen and oxygen atoms in total. The lowest BCUT2D eigenvalue weighted by Gasteiger charge is -2.15. The standard InChI is InChI=1S/C41H76BN7O10.C2H6/c42-49-34(41(58)59)23-17-20-30-47-39(55)32(44)22-16-19-29-46-38(54)31(43)21-15-18-28-45-35(50)27-26-33(40(56)57)48-36(51)24-13-11-9-7-5-3-1-2-4-6-8-10-12-14-25-37(52)53;1-2/h31-34,49H,1-30,43-44H2,(H,45,50)(H,46,54)(H,47,55)(H,48,51)(H,52,53)(H,56,57)(H,58,59);1-2H3/t31-,32?,33?,34?;/m0./s1. The number of nitrogens with one attached hydrogen (secondary N) is 5. The van der Waals surface area contributed by atoms with Crippen LogP contribution in [0.25, 0.3) is 0 Å². The zero-order valence-corrected chi connectivity index (χ0v) is 37.5. The van der Waals surface area contributed by atoms with Gasteiger partial charge in [0, 0.05) is 38.9 Å². The molecule has 0 heterocycles. The molecule has 0 aliphatic heterocycles. The molecule has 0 saturated carbocycles. The number of unbranched alkanes of at least 4 members (excludes halogenated alkanes) is 16. The third kappa shape index (κ3) is 37.7. The molecule has 61 heavy (non-hydrogen) atoms. The molecule has 0 aromatic rings. The van der Waals surface area contributed by atoms with Crippen molar-refractivity contribution in [3.63, 3.8) is 0 Å². The zero-order chi connectivity index (χ0) is 46.1. The quantitative estimate of drug-likeness (QED) is 0.0303. The van der Waals surface area contributed by atoms with Crippen LogP contribution in [0.5, 0.6) is 0 Å². The summed E-state index contributed by atoms with van der Waals surface area (Å²) in [5.74, 6) is -4.15. The highest BCUT2D eigenvalue weighted by Gasteiger charge is 2.21. The highest BCUT2D eigenvalue weighted by molar-refractivity contribution is 6.06. The molecule has 0 spiro atoms. The van der Waals surface area contributed by atoms with Crippen LogP contribution in [0, 0.1) is 0 Å². The number of carboxylic acids is 3. The number of carbonyl (C=O) groups excluding carboxylic acids is 4. The molecule has 0 rings (SSSR count).